The second kappa shape index (κ2) is 6.14. The maximum atomic E-state index is 11.7. The Kier molecular flexibility index (Phi) is 4.52. The van der Waals surface area contributed by atoms with Crippen molar-refractivity contribution in [1.29, 1.82) is 0 Å². The van der Waals surface area contributed by atoms with Crippen molar-refractivity contribution >= 4 is 5.91 Å². The number of aromatic nitrogens is 2. The number of carbonyl (C=O) groups is 1. The number of hydrogen-bond donors (Lipinski definition) is 1. The first-order valence-corrected chi connectivity index (χ1v) is 6.80. The summed E-state index contributed by atoms with van der Waals surface area (Å²) < 4.78 is 5.15. The molecule has 1 N–H and O–H groups in total. The minimum absolute atomic E-state index is 0.0304. The van der Waals surface area contributed by atoms with Crippen molar-refractivity contribution in [3.8, 4) is 0 Å². The standard InChI is InChI=1S/C13H21N3O3/c1-9(17)8-16(2)12(18)5-3-4-11-14-13(15-19-11)10-6-7-10/h9-10,17H,3-8H2,1-2H3. The summed E-state index contributed by atoms with van der Waals surface area (Å²) in [5.74, 6) is 1.96. The normalized spacial score (nSPS) is 16.4. The van der Waals surface area contributed by atoms with Crippen LogP contribution in [0, 0.1) is 0 Å². The highest BCUT2D eigenvalue weighted by Crippen LogP contribution is 2.38. The first kappa shape index (κ1) is 14.0. The predicted octanol–water partition coefficient (Wildman–Crippen LogP) is 1.11. The van der Waals surface area contributed by atoms with E-state index in [0.29, 0.717) is 37.6 Å². The largest absolute Gasteiger partial charge is 0.392 e. The number of carbonyl (C=O) groups excluding carboxylic acids is 1. The summed E-state index contributed by atoms with van der Waals surface area (Å²) in [7, 11) is 1.70. The summed E-state index contributed by atoms with van der Waals surface area (Å²) in [5, 5.41) is 13.1. The molecule has 2 rings (SSSR count). The van der Waals surface area contributed by atoms with Crippen molar-refractivity contribution in [2.24, 2.45) is 0 Å². The van der Waals surface area contributed by atoms with Gasteiger partial charge in [-0.1, -0.05) is 5.16 Å². The summed E-state index contributed by atoms with van der Waals surface area (Å²) in [6, 6.07) is 0. The lowest BCUT2D eigenvalue weighted by Gasteiger charge is -2.18. The molecule has 0 aromatic carbocycles. The van der Waals surface area contributed by atoms with Crippen molar-refractivity contribution in [3.63, 3.8) is 0 Å². The number of amides is 1. The molecule has 1 saturated carbocycles. The summed E-state index contributed by atoms with van der Waals surface area (Å²) in [6.07, 6.45) is 3.57. The monoisotopic (exact) mass is 267 g/mol. The molecule has 1 unspecified atom stereocenters. The Morgan fingerprint density at radius 1 is 1.58 bits per heavy atom. The van der Waals surface area contributed by atoms with Crippen molar-refractivity contribution < 1.29 is 14.4 Å². The number of aliphatic hydroxyl groups excluding tert-OH is 1. The molecule has 1 fully saturated rings. The van der Waals surface area contributed by atoms with Gasteiger partial charge in [-0.05, 0) is 26.2 Å². The molecule has 0 bridgehead atoms. The second-order valence-corrected chi connectivity index (χ2v) is 5.30. The van der Waals surface area contributed by atoms with Gasteiger partial charge in [0, 0.05) is 32.4 Å². The zero-order chi connectivity index (χ0) is 13.8. The molecular formula is C13H21N3O3. The van der Waals surface area contributed by atoms with Crippen LogP contribution in [-0.4, -0.2) is 45.8 Å². The molecule has 0 radical (unpaired) electrons. The summed E-state index contributed by atoms with van der Waals surface area (Å²) in [5.41, 5.74) is 0. The van der Waals surface area contributed by atoms with Gasteiger partial charge in [-0.2, -0.15) is 4.98 Å². The summed E-state index contributed by atoms with van der Waals surface area (Å²) in [4.78, 5) is 17.6. The number of nitrogens with zero attached hydrogens (tertiary/aromatic N) is 3. The second-order valence-electron chi connectivity index (χ2n) is 5.30. The molecular weight excluding hydrogens is 246 g/mol. The van der Waals surface area contributed by atoms with E-state index < -0.39 is 6.10 Å². The first-order chi connectivity index (χ1) is 9.06. The number of aliphatic hydroxyl groups is 1. The molecule has 1 atom stereocenters. The maximum absolute atomic E-state index is 11.7. The van der Waals surface area contributed by atoms with Gasteiger partial charge in [0.15, 0.2) is 5.82 Å². The third-order valence-electron chi connectivity index (χ3n) is 3.17. The molecule has 0 saturated heterocycles. The topological polar surface area (TPSA) is 79.5 Å². The fourth-order valence-corrected chi connectivity index (χ4v) is 1.96. The number of likely N-dealkylation sites (N-methyl/N-ethyl adjacent to an activating group) is 1. The zero-order valence-electron chi connectivity index (χ0n) is 11.5. The zero-order valence-corrected chi connectivity index (χ0v) is 11.5. The van der Waals surface area contributed by atoms with Crippen LogP contribution in [-0.2, 0) is 11.2 Å². The van der Waals surface area contributed by atoms with Gasteiger partial charge in [-0.25, -0.2) is 0 Å². The highest BCUT2D eigenvalue weighted by atomic mass is 16.5. The molecule has 1 aromatic heterocycles. The molecule has 6 nitrogen and oxygen atoms in total. The smallest absolute Gasteiger partial charge is 0.226 e. The Morgan fingerprint density at radius 3 is 2.95 bits per heavy atom. The van der Waals surface area contributed by atoms with Crippen molar-refractivity contribution in [1.82, 2.24) is 15.0 Å². The number of hydrogen-bond acceptors (Lipinski definition) is 5. The highest BCUT2D eigenvalue weighted by molar-refractivity contribution is 5.75. The van der Waals surface area contributed by atoms with Crippen LogP contribution in [0.5, 0.6) is 0 Å². The molecule has 1 aliphatic carbocycles. The maximum Gasteiger partial charge on any atom is 0.226 e. The fourth-order valence-electron chi connectivity index (χ4n) is 1.96. The third-order valence-corrected chi connectivity index (χ3v) is 3.17. The average Bonchev–Trinajstić information content (AvgIpc) is 3.09. The van der Waals surface area contributed by atoms with Crippen molar-refractivity contribution in [2.45, 2.75) is 51.0 Å². The van der Waals surface area contributed by atoms with E-state index in [1.807, 2.05) is 0 Å². The van der Waals surface area contributed by atoms with Gasteiger partial charge in [0.2, 0.25) is 11.8 Å². The Morgan fingerprint density at radius 2 is 2.32 bits per heavy atom. The quantitative estimate of drug-likeness (QED) is 0.800. The van der Waals surface area contributed by atoms with Gasteiger partial charge in [0.1, 0.15) is 0 Å². The van der Waals surface area contributed by atoms with Crippen LogP contribution >= 0.6 is 0 Å². The van der Waals surface area contributed by atoms with E-state index in [-0.39, 0.29) is 5.91 Å². The number of rotatable bonds is 7. The van der Waals surface area contributed by atoms with Crippen molar-refractivity contribution in [2.75, 3.05) is 13.6 Å². The number of aryl methyl sites for hydroxylation is 1. The molecule has 1 aromatic rings. The first-order valence-electron chi connectivity index (χ1n) is 6.80. The van der Waals surface area contributed by atoms with Crippen LogP contribution in [0.15, 0.2) is 4.52 Å². The lowest BCUT2D eigenvalue weighted by Crippen LogP contribution is -2.32. The molecule has 19 heavy (non-hydrogen) atoms. The van der Waals surface area contributed by atoms with E-state index in [4.69, 9.17) is 4.52 Å². The van der Waals surface area contributed by atoms with E-state index in [1.54, 1.807) is 18.9 Å². The molecule has 1 heterocycles. The molecule has 1 amide bonds. The minimum atomic E-state index is -0.494. The van der Waals surface area contributed by atoms with Gasteiger partial charge in [0.05, 0.1) is 6.10 Å². The molecule has 106 valence electrons. The van der Waals surface area contributed by atoms with E-state index in [9.17, 15) is 9.90 Å². The molecule has 0 aliphatic heterocycles. The minimum Gasteiger partial charge on any atom is -0.392 e. The van der Waals surface area contributed by atoms with Crippen LogP contribution < -0.4 is 0 Å². The van der Waals surface area contributed by atoms with Crippen LogP contribution in [0.1, 0.15) is 50.2 Å². The van der Waals surface area contributed by atoms with Gasteiger partial charge in [-0.3, -0.25) is 4.79 Å². The third kappa shape index (κ3) is 4.31. The van der Waals surface area contributed by atoms with Crippen LogP contribution in [0.25, 0.3) is 0 Å². The highest BCUT2D eigenvalue weighted by Gasteiger charge is 2.28. The Hall–Kier alpha value is -1.43. The van der Waals surface area contributed by atoms with E-state index >= 15 is 0 Å². The van der Waals surface area contributed by atoms with E-state index in [0.717, 1.165) is 18.7 Å². The molecule has 0 spiro atoms. The Labute approximate surface area is 112 Å². The molecule has 1 aliphatic rings. The van der Waals surface area contributed by atoms with Gasteiger partial charge in [0.25, 0.3) is 0 Å². The van der Waals surface area contributed by atoms with Gasteiger partial charge in [-0.15, -0.1) is 0 Å². The summed E-state index contributed by atoms with van der Waals surface area (Å²) in [6.45, 7) is 2.03. The molecule has 6 heteroatoms. The predicted molar refractivity (Wildman–Crippen MR) is 68.5 cm³/mol. The van der Waals surface area contributed by atoms with Crippen molar-refractivity contribution in [3.05, 3.63) is 11.7 Å². The lowest BCUT2D eigenvalue weighted by atomic mass is 10.2. The van der Waals surface area contributed by atoms with Crippen LogP contribution in [0.2, 0.25) is 0 Å². The van der Waals surface area contributed by atoms with E-state index in [1.165, 1.54) is 0 Å². The fraction of sp³-hybridized carbons (Fsp3) is 0.769. The van der Waals surface area contributed by atoms with E-state index in [2.05, 4.69) is 10.1 Å². The van der Waals surface area contributed by atoms with Gasteiger partial charge >= 0.3 is 0 Å². The van der Waals surface area contributed by atoms with Crippen LogP contribution in [0.4, 0.5) is 0 Å². The lowest BCUT2D eigenvalue weighted by molar-refractivity contribution is -0.131. The average molecular weight is 267 g/mol. The van der Waals surface area contributed by atoms with Crippen LogP contribution in [0.3, 0.4) is 0 Å². The Balaban J connectivity index is 1.68. The Bertz CT molecular complexity index is 427. The summed E-state index contributed by atoms with van der Waals surface area (Å²) >= 11 is 0. The SMILES string of the molecule is CC(O)CN(C)C(=O)CCCc1nc(C2CC2)no1. The van der Waals surface area contributed by atoms with Gasteiger partial charge < -0.3 is 14.5 Å².